The number of alkyl halides is 3. The summed E-state index contributed by atoms with van der Waals surface area (Å²) in [6.45, 7) is 1.80. The molecule has 0 fully saturated rings. The van der Waals surface area contributed by atoms with E-state index in [9.17, 15) is 18.0 Å². The molecule has 0 aromatic heterocycles. The van der Waals surface area contributed by atoms with Crippen molar-refractivity contribution in [3.63, 3.8) is 0 Å². The number of aliphatic carboxylic acids is 1. The van der Waals surface area contributed by atoms with E-state index in [1.54, 1.807) is 14.0 Å². The SMILES string of the molecule is CCC(=O)NNC.O=C(O)C(F)(F)F. The fourth-order valence-electron chi connectivity index (χ4n) is 0.228. The number of amides is 1. The second kappa shape index (κ2) is 7.13. The number of halogens is 3. The third kappa shape index (κ3) is 10.7. The number of nitrogens with one attached hydrogen (secondary N) is 2. The zero-order valence-electron chi connectivity index (χ0n) is 7.60. The van der Waals surface area contributed by atoms with Gasteiger partial charge in [0.15, 0.2) is 0 Å². The average molecular weight is 216 g/mol. The number of carbonyl (C=O) groups excluding carboxylic acids is 1. The van der Waals surface area contributed by atoms with Crippen LogP contribution in [0.4, 0.5) is 13.2 Å². The summed E-state index contributed by atoms with van der Waals surface area (Å²) in [7, 11) is 1.66. The van der Waals surface area contributed by atoms with E-state index in [0.717, 1.165) is 0 Å². The predicted octanol–water partition coefficient (Wildman–Crippen LogP) is 0.280. The molecule has 8 heteroatoms. The standard InChI is InChI=1S/C4H10N2O.C2HF3O2/c1-3-4(7)6-5-2;3-2(4,5)1(6)7/h5H,3H2,1-2H3,(H,6,7);(H,6,7). The molecule has 0 aromatic rings. The molecule has 1 amide bonds. The van der Waals surface area contributed by atoms with Crippen LogP contribution in [0, 0.1) is 0 Å². The predicted molar refractivity (Wildman–Crippen MR) is 41.2 cm³/mol. The Hall–Kier alpha value is -1.31. The topological polar surface area (TPSA) is 78.4 Å². The van der Waals surface area contributed by atoms with Crippen molar-refractivity contribution in [2.45, 2.75) is 19.5 Å². The highest BCUT2D eigenvalue weighted by molar-refractivity contribution is 5.74. The Balaban J connectivity index is 0. The van der Waals surface area contributed by atoms with E-state index in [0.29, 0.717) is 6.42 Å². The van der Waals surface area contributed by atoms with E-state index in [4.69, 9.17) is 9.90 Å². The molecular formula is C6H11F3N2O3. The first-order chi connectivity index (χ1) is 6.25. The van der Waals surface area contributed by atoms with Crippen LogP contribution in [0.25, 0.3) is 0 Å². The van der Waals surface area contributed by atoms with Crippen LogP contribution in [-0.4, -0.2) is 30.2 Å². The van der Waals surface area contributed by atoms with Crippen LogP contribution in [0.3, 0.4) is 0 Å². The molecule has 3 N–H and O–H groups in total. The van der Waals surface area contributed by atoms with E-state index in [1.165, 1.54) is 0 Å². The summed E-state index contributed by atoms with van der Waals surface area (Å²) >= 11 is 0. The Morgan fingerprint density at radius 2 is 1.71 bits per heavy atom. The minimum absolute atomic E-state index is 0.0162. The van der Waals surface area contributed by atoms with Gasteiger partial charge in [0.25, 0.3) is 0 Å². The molecule has 0 rings (SSSR count). The van der Waals surface area contributed by atoms with Crippen LogP contribution in [0.2, 0.25) is 0 Å². The van der Waals surface area contributed by atoms with E-state index in [1.807, 2.05) is 0 Å². The Morgan fingerprint density at radius 3 is 1.79 bits per heavy atom. The highest BCUT2D eigenvalue weighted by Gasteiger charge is 2.38. The van der Waals surface area contributed by atoms with E-state index >= 15 is 0 Å². The summed E-state index contributed by atoms with van der Waals surface area (Å²) in [6, 6.07) is 0. The zero-order valence-corrected chi connectivity index (χ0v) is 7.60. The molecule has 0 unspecified atom stereocenters. The van der Waals surface area contributed by atoms with Crippen LogP contribution in [0.5, 0.6) is 0 Å². The maximum atomic E-state index is 10.6. The highest BCUT2D eigenvalue weighted by Crippen LogP contribution is 2.13. The van der Waals surface area contributed by atoms with Crippen molar-refractivity contribution in [3.8, 4) is 0 Å². The van der Waals surface area contributed by atoms with Crippen molar-refractivity contribution in [2.75, 3.05) is 7.05 Å². The second-order valence-electron chi connectivity index (χ2n) is 1.95. The van der Waals surface area contributed by atoms with Crippen molar-refractivity contribution >= 4 is 11.9 Å². The van der Waals surface area contributed by atoms with E-state index in [-0.39, 0.29) is 5.91 Å². The van der Waals surface area contributed by atoms with Gasteiger partial charge in [-0.05, 0) is 0 Å². The number of hydrazine groups is 1. The van der Waals surface area contributed by atoms with Gasteiger partial charge < -0.3 is 5.11 Å². The molecule has 5 nitrogen and oxygen atoms in total. The fraction of sp³-hybridized carbons (Fsp3) is 0.667. The second-order valence-corrected chi connectivity index (χ2v) is 1.95. The van der Waals surface area contributed by atoms with Gasteiger partial charge in [-0.2, -0.15) is 13.2 Å². The van der Waals surface area contributed by atoms with Crippen molar-refractivity contribution in [2.24, 2.45) is 0 Å². The van der Waals surface area contributed by atoms with Crippen molar-refractivity contribution in [3.05, 3.63) is 0 Å². The van der Waals surface area contributed by atoms with E-state index in [2.05, 4.69) is 10.9 Å². The summed E-state index contributed by atoms with van der Waals surface area (Å²) in [5, 5.41) is 7.12. The lowest BCUT2D eigenvalue weighted by molar-refractivity contribution is -0.192. The number of carboxylic acids is 1. The lowest BCUT2D eigenvalue weighted by Gasteiger charge is -1.95. The van der Waals surface area contributed by atoms with Crippen LogP contribution in [0.1, 0.15) is 13.3 Å². The normalized spacial score (nSPS) is 9.79. The van der Waals surface area contributed by atoms with Gasteiger partial charge in [-0.15, -0.1) is 0 Å². The Morgan fingerprint density at radius 1 is 1.36 bits per heavy atom. The smallest absolute Gasteiger partial charge is 0.475 e. The Kier molecular flexibility index (Phi) is 7.73. The van der Waals surface area contributed by atoms with Crippen molar-refractivity contribution in [1.82, 2.24) is 10.9 Å². The Labute approximate surface area is 78.3 Å². The van der Waals surface area contributed by atoms with Crippen LogP contribution >= 0.6 is 0 Å². The maximum Gasteiger partial charge on any atom is 0.490 e. The van der Waals surface area contributed by atoms with Gasteiger partial charge in [0, 0.05) is 13.5 Å². The first-order valence-corrected chi connectivity index (χ1v) is 3.51. The molecular weight excluding hydrogens is 205 g/mol. The van der Waals surface area contributed by atoms with Gasteiger partial charge in [0.05, 0.1) is 0 Å². The summed E-state index contributed by atoms with van der Waals surface area (Å²) in [5.41, 5.74) is 4.93. The van der Waals surface area contributed by atoms with Gasteiger partial charge in [-0.1, -0.05) is 6.92 Å². The van der Waals surface area contributed by atoms with Gasteiger partial charge in [0.1, 0.15) is 0 Å². The average Bonchev–Trinajstić information content (AvgIpc) is 2.04. The molecule has 0 atom stereocenters. The minimum Gasteiger partial charge on any atom is -0.475 e. The third-order valence-corrected chi connectivity index (χ3v) is 0.828. The highest BCUT2D eigenvalue weighted by atomic mass is 19.4. The lowest BCUT2D eigenvalue weighted by Crippen LogP contribution is -2.33. The largest absolute Gasteiger partial charge is 0.490 e. The minimum atomic E-state index is -5.08. The summed E-state index contributed by atoms with van der Waals surface area (Å²) in [6.07, 6.45) is -4.55. The molecule has 0 spiro atoms. The quantitative estimate of drug-likeness (QED) is 0.579. The first-order valence-electron chi connectivity index (χ1n) is 3.51. The van der Waals surface area contributed by atoms with Gasteiger partial charge in [-0.25, -0.2) is 10.2 Å². The molecule has 84 valence electrons. The third-order valence-electron chi connectivity index (χ3n) is 0.828. The van der Waals surface area contributed by atoms with Gasteiger partial charge in [0.2, 0.25) is 5.91 Å². The van der Waals surface area contributed by atoms with Gasteiger partial charge >= 0.3 is 12.1 Å². The molecule has 0 aliphatic rings. The fourth-order valence-corrected chi connectivity index (χ4v) is 0.228. The van der Waals surface area contributed by atoms with E-state index < -0.39 is 12.1 Å². The number of carboxylic acid groups (broad SMARTS) is 1. The molecule has 14 heavy (non-hydrogen) atoms. The molecule has 0 aliphatic carbocycles. The summed E-state index contributed by atoms with van der Waals surface area (Å²) in [4.78, 5) is 19.1. The molecule has 0 aliphatic heterocycles. The lowest BCUT2D eigenvalue weighted by atomic mass is 10.5. The summed E-state index contributed by atoms with van der Waals surface area (Å²) in [5.74, 6) is -2.74. The van der Waals surface area contributed by atoms with Crippen LogP contribution in [-0.2, 0) is 9.59 Å². The zero-order chi connectivity index (χ0) is 11.8. The Bertz CT molecular complexity index is 193. The molecule has 0 bridgehead atoms. The molecule has 0 saturated heterocycles. The molecule has 0 heterocycles. The number of rotatable bonds is 2. The molecule has 0 saturated carbocycles. The van der Waals surface area contributed by atoms with Crippen molar-refractivity contribution < 1.29 is 27.9 Å². The number of carbonyl (C=O) groups is 2. The van der Waals surface area contributed by atoms with Crippen LogP contribution < -0.4 is 10.9 Å². The van der Waals surface area contributed by atoms with Crippen LogP contribution in [0.15, 0.2) is 0 Å². The van der Waals surface area contributed by atoms with Gasteiger partial charge in [-0.3, -0.25) is 10.2 Å². The summed E-state index contributed by atoms with van der Waals surface area (Å²) < 4.78 is 31.7. The molecule has 0 radical (unpaired) electrons. The monoisotopic (exact) mass is 216 g/mol. The number of hydrogen-bond acceptors (Lipinski definition) is 3. The number of hydrogen-bond donors (Lipinski definition) is 3. The maximum absolute atomic E-state index is 10.6. The first kappa shape index (κ1) is 15.2. The molecule has 0 aromatic carbocycles. The van der Waals surface area contributed by atoms with Crippen molar-refractivity contribution in [1.29, 1.82) is 0 Å².